The Labute approximate surface area is 160 Å². The van der Waals surface area contributed by atoms with Crippen molar-refractivity contribution in [3.63, 3.8) is 0 Å². The van der Waals surface area contributed by atoms with E-state index in [9.17, 15) is 31.5 Å². The first-order valence-electron chi connectivity index (χ1n) is 8.60. The molecule has 0 atom stereocenters. The van der Waals surface area contributed by atoms with Crippen molar-refractivity contribution in [1.29, 1.82) is 0 Å². The Balaban J connectivity index is 2.23. The quantitative estimate of drug-likeness (QED) is 0.810. The summed E-state index contributed by atoms with van der Waals surface area (Å²) < 4.78 is 65.1. The number of carbonyl (C=O) groups is 1. The smallest absolute Gasteiger partial charge is 0.417 e. The summed E-state index contributed by atoms with van der Waals surface area (Å²) in [5, 5.41) is 9.55. The zero-order valence-corrected chi connectivity index (χ0v) is 15.8. The molecule has 0 amide bonds. The lowest BCUT2D eigenvalue weighted by molar-refractivity contribution is -0.141. The van der Waals surface area contributed by atoms with Crippen LogP contribution in [0.2, 0.25) is 0 Å². The zero-order chi connectivity index (χ0) is 20.7. The third kappa shape index (κ3) is 3.28. The van der Waals surface area contributed by atoms with Gasteiger partial charge in [0.1, 0.15) is 0 Å². The molecule has 1 aromatic heterocycles. The lowest BCUT2D eigenvalue weighted by Crippen LogP contribution is -2.44. The van der Waals surface area contributed by atoms with Crippen molar-refractivity contribution in [2.24, 2.45) is 0 Å². The van der Waals surface area contributed by atoms with E-state index in [-0.39, 0.29) is 18.4 Å². The Morgan fingerprint density at radius 1 is 1.11 bits per heavy atom. The first kappa shape index (κ1) is 20.3. The predicted molar refractivity (Wildman–Crippen MR) is 95.4 cm³/mol. The number of benzene rings is 1. The molecule has 0 radical (unpaired) electrons. The molecule has 0 spiro atoms. The number of nitrogens with zero attached hydrogens (tertiary/aromatic N) is 1. The molecule has 0 aliphatic heterocycles. The van der Waals surface area contributed by atoms with Crippen LogP contribution < -0.4 is 0 Å². The minimum atomic E-state index is -4.96. The van der Waals surface area contributed by atoms with Crippen LogP contribution in [-0.2, 0) is 20.8 Å². The number of rotatable bonds is 4. The Morgan fingerprint density at radius 2 is 1.75 bits per heavy atom. The van der Waals surface area contributed by atoms with E-state index >= 15 is 0 Å². The van der Waals surface area contributed by atoms with E-state index in [0.29, 0.717) is 18.4 Å². The average Bonchev–Trinajstić information content (AvgIpc) is 3.12. The van der Waals surface area contributed by atoms with Crippen molar-refractivity contribution in [2.45, 2.75) is 48.4 Å². The molecule has 9 heteroatoms. The topological polar surface area (TPSA) is 84.3 Å². The van der Waals surface area contributed by atoms with Crippen molar-refractivity contribution >= 4 is 15.8 Å². The molecule has 1 aliphatic rings. The van der Waals surface area contributed by atoms with E-state index in [1.807, 2.05) is 0 Å². The maximum Gasteiger partial charge on any atom is 0.417 e. The van der Waals surface area contributed by atoms with E-state index in [1.54, 1.807) is 19.2 Å². The van der Waals surface area contributed by atoms with Crippen LogP contribution in [0.1, 0.15) is 36.8 Å². The SMILES string of the molecule is Cc1cncc(-c2ccc(S(=O)(=O)C3(C(=O)O)CCCC3)c(C(F)(F)F)c2)c1. The van der Waals surface area contributed by atoms with Crippen LogP contribution in [0.15, 0.2) is 41.6 Å². The summed E-state index contributed by atoms with van der Waals surface area (Å²) in [6, 6.07) is 4.49. The highest BCUT2D eigenvalue weighted by atomic mass is 32.2. The highest BCUT2D eigenvalue weighted by Gasteiger charge is 2.55. The fourth-order valence-corrected chi connectivity index (χ4v) is 5.82. The van der Waals surface area contributed by atoms with Crippen LogP contribution in [0, 0.1) is 6.92 Å². The van der Waals surface area contributed by atoms with Crippen molar-refractivity contribution in [3.05, 3.63) is 47.8 Å². The van der Waals surface area contributed by atoms with Gasteiger partial charge in [-0.2, -0.15) is 13.2 Å². The van der Waals surface area contributed by atoms with Crippen LogP contribution in [0.4, 0.5) is 13.2 Å². The number of halogens is 3. The maximum absolute atomic E-state index is 13.7. The van der Waals surface area contributed by atoms with E-state index in [2.05, 4.69) is 4.98 Å². The molecule has 28 heavy (non-hydrogen) atoms. The Hall–Kier alpha value is -2.42. The fourth-order valence-electron chi connectivity index (χ4n) is 3.63. The summed E-state index contributed by atoms with van der Waals surface area (Å²) in [5.41, 5.74) is -0.0703. The molecule has 0 unspecified atom stereocenters. The predicted octanol–water partition coefficient (Wildman–Crippen LogP) is 4.25. The van der Waals surface area contributed by atoms with Crippen LogP contribution in [0.3, 0.4) is 0 Å². The van der Waals surface area contributed by atoms with Gasteiger partial charge in [-0.15, -0.1) is 0 Å². The summed E-state index contributed by atoms with van der Waals surface area (Å²) in [4.78, 5) is 14.7. The van der Waals surface area contributed by atoms with Gasteiger partial charge in [0.05, 0.1) is 10.5 Å². The van der Waals surface area contributed by atoms with Gasteiger partial charge in [-0.1, -0.05) is 18.9 Å². The van der Waals surface area contributed by atoms with Crippen LogP contribution in [0.25, 0.3) is 11.1 Å². The molecule has 1 aliphatic carbocycles. The van der Waals surface area contributed by atoms with Crippen molar-refractivity contribution in [1.82, 2.24) is 4.98 Å². The number of hydrogen-bond acceptors (Lipinski definition) is 4. The van der Waals surface area contributed by atoms with Gasteiger partial charge in [0.15, 0.2) is 14.6 Å². The second-order valence-corrected chi connectivity index (χ2v) is 9.20. The van der Waals surface area contributed by atoms with E-state index in [4.69, 9.17) is 0 Å². The zero-order valence-electron chi connectivity index (χ0n) is 15.0. The largest absolute Gasteiger partial charge is 0.480 e. The lowest BCUT2D eigenvalue weighted by Gasteiger charge is -2.26. The molecule has 5 nitrogen and oxygen atoms in total. The third-order valence-corrected chi connectivity index (χ3v) is 7.64. The summed E-state index contributed by atoms with van der Waals surface area (Å²) in [7, 11) is -4.76. The van der Waals surface area contributed by atoms with Crippen LogP contribution >= 0.6 is 0 Å². The molecule has 1 heterocycles. The van der Waals surface area contributed by atoms with Crippen molar-refractivity contribution in [3.8, 4) is 11.1 Å². The molecule has 0 saturated heterocycles. The number of pyridine rings is 1. The van der Waals surface area contributed by atoms with Gasteiger partial charge in [0.2, 0.25) is 0 Å². The minimum Gasteiger partial charge on any atom is -0.480 e. The van der Waals surface area contributed by atoms with Gasteiger partial charge in [0, 0.05) is 18.0 Å². The standard InChI is InChI=1S/C19H18F3NO4S/c1-12-8-14(11-23-10-12)13-4-5-16(15(9-13)19(20,21)22)28(26,27)18(17(24)25)6-2-3-7-18/h4-5,8-11H,2-3,6-7H2,1H3,(H,24,25). The number of sulfone groups is 1. The molecule has 3 rings (SSSR count). The first-order chi connectivity index (χ1) is 13.0. The molecular weight excluding hydrogens is 395 g/mol. The number of alkyl halides is 3. The number of aryl methyl sites for hydroxylation is 1. The van der Waals surface area contributed by atoms with E-state index < -0.39 is 37.2 Å². The molecule has 1 N–H and O–H groups in total. The van der Waals surface area contributed by atoms with E-state index in [1.165, 1.54) is 12.3 Å². The molecule has 1 fully saturated rings. The van der Waals surface area contributed by atoms with E-state index in [0.717, 1.165) is 17.7 Å². The number of aromatic nitrogens is 1. The average molecular weight is 413 g/mol. The van der Waals surface area contributed by atoms with Crippen LogP contribution in [0.5, 0.6) is 0 Å². The summed E-state index contributed by atoms with van der Waals surface area (Å²) in [6.45, 7) is 1.73. The first-order valence-corrected chi connectivity index (χ1v) is 10.1. The maximum atomic E-state index is 13.7. The summed E-state index contributed by atoms with van der Waals surface area (Å²) in [5.74, 6) is -1.61. The fraction of sp³-hybridized carbons (Fsp3) is 0.368. The molecule has 150 valence electrons. The van der Waals surface area contributed by atoms with Crippen molar-refractivity contribution < 1.29 is 31.5 Å². The van der Waals surface area contributed by atoms with Gasteiger partial charge < -0.3 is 5.11 Å². The minimum absolute atomic E-state index is 0.151. The molecule has 0 bridgehead atoms. The highest BCUT2D eigenvalue weighted by molar-refractivity contribution is 7.93. The Bertz CT molecular complexity index is 1030. The second kappa shape index (κ2) is 6.88. The molecule has 1 saturated carbocycles. The second-order valence-electron chi connectivity index (χ2n) is 6.97. The molecular formula is C19H18F3NO4S. The van der Waals surface area contributed by atoms with Crippen molar-refractivity contribution in [2.75, 3.05) is 0 Å². The third-order valence-electron chi connectivity index (χ3n) is 5.10. The van der Waals surface area contributed by atoms with Gasteiger partial charge >= 0.3 is 12.1 Å². The normalized spacial score (nSPS) is 16.9. The Morgan fingerprint density at radius 3 is 2.29 bits per heavy atom. The number of carboxylic acid groups (broad SMARTS) is 1. The molecule has 2 aromatic rings. The summed E-state index contributed by atoms with van der Waals surface area (Å²) >= 11 is 0. The van der Waals surface area contributed by atoms with Crippen LogP contribution in [-0.4, -0.2) is 29.2 Å². The highest BCUT2D eigenvalue weighted by Crippen LogP contribution is 2.45. The number of aliphatic carboxylic acids is 1. The monoisotopic (exact) mass is 413 g/mol. The van der Waals surface area contributed by atoms with Gasteiger partial charge in [-0.05, 0) is 49.1 Å². The lowest BCUT2D eigenvalue weighted by atomic mass is 10.0. The van der Waals surface area contributed by atoms with Gasteiger partial charge in [-0.3, -0.25) is 9.78 Å². The van der Waals surface area contributed by atoms with Gasteiger partial charge in [0.25, 0.3) is 0 Å². The Kier molecular flexibility index (Phi) is 4.99. The number of carboxylic acids is 1. The van der Waals surface area contributed by atoms with Gasteiger partial charge in [-0.25, -0.2) is 8.42 Å². The summed E-state index contributed by atoms with van der Waals surface area (Å²) in [6.07, 6.45) is -1.78. The molecule has 1 aromatic carbocycles. The number of hydrogen-bond donors (Lipinski definition) is 1.